The van der Waals surface area contributed by atoms with E-state index in [1.807, 2.05) is 0 Å². The molecule has 0 fully saturated rings. The lowest BCUT2D eigenvalue weighted by molar-refractivity contribution is 0.102. The Balaban J connectivity index is 1.82. The lowest BCUT2D eigenvalue weighted by Crippen LogP contribution is -2.36. The number of benzene rings is 1. The molecule has 3 rings (SSSR count). The van der Waals surface area contributed by atoms with E-state index in [2.05, 4.69) is 10.3 Å². The lowest BCUT2D eigenvalue weighted by Gasteiger charge is -2.27. The van der Waals surface area contributed by atoms with Crippen molar-refractivity contribution in [3.05, 3.63) is 53.3 Å². The zero-order valence-electron chi connectivity index (χ0n) is 14.0. The van der Waals surface area contributed by atoms with Crippen molar-refractivity contribution in [2.75, 3.05) is 25.2 Å². The fourth-order valence-corrected chi connectivity index (χ4v) is 3.62. The van der Waals surface area contributed by atoms with Crippen LogP contribution < -0.4 is 10.1 Å². The minimum Gasteiger partial charge on any atom is -0.497 e. The molecular formula is C17H19N3O4S. The minimum absolute atomic E-state index is 0.241. The van der Waals surface area contributed by atoms with E-state index in [1.54, 1.807) is 37.6 Å². The Morgan fingerprint density at radius 3 is 2.60 bits per heavy atom. The van der Waals surface area contributed by atoms with Crippen LogP contribution in [0.5, 0.6) is 5.75 Å². The van der Waals surface area contributed by atoms with E-state index < -0.39 is 10.0 Å². The topological polar surface area (TPSA) is 88.6 Å². The van der Waals surface area contributed by atoms with Gasteiger partial charge in [0.1, 0.15) is 5.75 Å². The molecule has 0 atom stereocenters. The van der Waals surface area contributed by atoms with Gasteiger partial charge in [-0.25, -0.2) is 8.42 Å². The van der Waals surface area contributed by atoms with E-state index in [1.165, 1.54) is 16.8 Å². The summed E-state index contributed by atoms with van der Waals surface area (Å²) in [7, 11) is -1.69. The van der Waals surface area contributed by atoms with Crippen molar-refractivity contribution in [2.45, 2.75) is 13.0 Å². The maximum atomic E-state index is 12.6. The van der Waals surface area contributed by atoms with Gasteiger partial charge in [-0.3, -0.25) is 9.78 Å². The van der Waals surface area contributed by atoms with Gasteiger partial charge >= 0.3 is 0 Å². The first kappa shape index (κ1) is 17.4. The predicted molar refractivity (Wildman–Crippen MR) is 94.1 cm³/mol. The Hall–Kier alpha value is -2.45. The number of carbonyl (C=O) groups excluding carboxylic acids is 1. The van der Waals surface area contributed by atoms with Gasteiger partial charge in [0.15, 0.2) is 0 Å². The first-order valence-electron chi connectivity index (χ1n) is 7.75. The van der Waals surface area contributed by atoms with Gasteiger partial charge < -0.3 is 10.1 Å². The van der Waals surface area contributed by atoms with E-state index in [-0.39, 0.29) is 12.5 Å². The molecule has 1 amide bonds. The van der Waals surface area contributed by atoms with Gasteiger partial charge in [0.05, 0.1) is 18.9 Å². The highest BCUT2D eigenvalue weighted by atomic mass is 32.2. The molecule has 0 unspecified atom stereocenters. The van der Waals surface area contributed by atoms with Gasteiger partial charge in [0, 0.05) is 31.2 Å². The number of rotatable bonds is 4. The van der Waals surface area contributed by atoms with Crippen molar-refractivity contribution in [2.24, 2.45) is 0 Å². The fraction of sp³-hybridized carbons (Fsp3) is 0.294. The zero-order valence-corrected chi connectivity index (χ0v) is 14.8. The minimum atomic E-state index is -3.26. The smallest absolute Gasteiger partial charge is 0.257 e. The average molecular weight is 361 g/mol. The molecule has 1 aromatic carbocycles. The molecule has 7 nitrogen and oxygen atoms in total. The number of nitrogens with one attached hydrogen (secondary N) is 1. The predicted octanol–water partition coefficient (Wildman–Crippen LogP) is 1.66. The van der Waals surface area contributed by atoms with Gasteiger partial charge in [-0.05, 0) is 41.8 Å². The number of fused-ring (bicyclic) bond motifs is 1. The summed E-state index contributed by atoms with van der Waals surface area (Å²) in [6, 6.07) is 7.03. The van der Waals surface area contributed by atoms with Gasteiger partial charge in [-0.1, -0.05) is 0 Å². The molecule has 132 valence electrons. The summed E-state index contributed by atoms with van der Waals surface area (Å²) < 4.78 is 29.9. The summed E-state index contributed by atoms with van der Waals surface area (Å²) in [5, 5.41) is 2.83. The largest absolute Gasteiger partial charge is 0.497 e. The van der Waals surface area contributed by atoms with E-state index in [0.717, 1.165) is 11.1 Å². The SMILES string of the molecule is COc1ccc(NC(=O)c2cncc3c2CCN(S(C)(=O)=O)C3)cc1. The molecule has 0 radical (unpaired) electrons. The molecular weight excluding hydrogens is 342 g/mol. The molecule has 8 heteroatoms. The third-order valence-electron chi connectivity index (χ3n) is 4.17. The molecule has 25 heavy (non-hydrogen) atoms. The number of nitrogens with zero attached hydrogens (tertiary/aromatic N) is 2. The normalized spacial score (nSPS) is 14.6. The summed E-state index contributed by atoms with van der Waals surface area (Å²) in [5.74, 6) is 0.444. The van der Waals surface area contributed by atoms with Crippen LogP contribution in [-0.4, -0.2) is 43.5 Å². The monoisotopic (exact) mass is 361 g/mol. The summed E-state index contributed by atoms with van der Waals surface area (Å²) >= 11 is 0. The molecule has 0 bridgehead atoms. The highest BCUT2D eigenvalue weighted by Gasteiger charge is 2.26. The van der Waals surface area contributed by atoms with Crippen molar-refractivity contribution in [1.29, 1.82) is 0 Å². The van der Waals surface area contributed by atoms with Crippen LogP contribution in [0.1, 0.15) is 21.5 Å². The summed E-state index contributed by atoms with van der Waals surface area (Å²) in [5.41, 5.74) is 2.73. The highest BCUT2D eigenvalue weighted by molar-refractivity contribution is 7.88. The molecule has 1 N–H and O–H groups in total. The Kier molecular flexibility index (Phi) is 4.73. The number of hydrogen-bond acceptors (Lipinski definition) is 5. The van der Waals surface area contributed by atoms with Crippen molar-refractivity contribution in [1.82, 2.24) is 9.29 Å². The molecule has 0 aliphatic carbocycles. The second-order valence-electron chi connectivity index (χ2n) is 5.85. The number of carbonyl (C=O) groups is 1. The molecule has 2 aromatic rings. The molecule has 1 aromatic heterocycles. The number of pyridine rings is 1. The van der Waals surface area contributed by atoms with Crippen LogP contribution in [0.15, 0.2) is 36.7 Å². The van der Waals surface area contributed by atoms with Crippen LogP contribution in [-0.2, 0) is 23.0 Å². The van der Waals surface area contributed by atoms with Gasteiger partial charge in [-0.2, -0.15) is 4.31 Å². The van der Waals surface area contributed by atoms with Crippen LogP contribution >= 0.6 is 0 Å². The van der Waals surface area contributed by atoms with Crippen LogP contribution in [0, 0.1) is 0 Å². The molecule has 1 aliphatic heterocycles. The van der Waals surface area contributed by atoms with Crippen LogP contribution in [0.4, 0.5) is 5.69 Å². The second-order valence-corrected chi connectivity index (χ2v) is 7.84. The van der Waals surface area contributed by atoms with E-state index in [9.17, 15) is 13.2 Å². The standard InChI is InChI=1S/C17H19N3O4S/c1-24-14-5-3-13(4-6-14)19-17(21)16-10-18-9-12-11-20(25(2,22)23)8-7-15(12)16/h3-6,9-10H,7-8,11H2,1-2H3,(H,19,21). The average Bonchev–Trinajstić information content (AvgIpc) is 2.60. The van der Waals surface area contributed by atoms with Crippen molar-refractivity contribution >= 4 is 21.6 Å². The van der Waals surface area contributed by atoms with E-state index >= 15 is 0 Å². The quantitative estimate of drug-likeness (QED) is 0.895. The number of amides is 1. The Bertz CT molecular complexity index is 895. The number of ether oxygens (including phenoxy) is 1. The van der Waals surface area contributed by atoms with Gasteiger partial charge in [0.2, 0.25) is 10.0 Å². The fourth-order valence-electron chi connectivity index (χ4n) is 2.82. The molecule has 2 heterocycles. The summed E-state index contributed by atoms with van der Waals surface area (Å²) in [6.45, 7) is 0.601. The first-order chi connectivity index (χ1) is 11.9. The highest BCUT2D eigenvalue weighted by Crippen LogP contribution is 2.24. The number of hydrogen-bond donors (Lipinski definition) is 1. The van der Waals surface area contributed by atoms with E-state index in [0.29, 0.717) is 30.0 Å². The molecule has 0 spiro atoms. The van der Waals surface area contributed by atoms with Crippen LogP contribution in [0.2, 0.25) is 0 Å². The Labute approximate surface area is 146 Å². The zero-order chi connectivity index (χ0) is 18.0. The summed E-state index contributed by atoms with van der Waals surface area (Å²) in [6.07, 6.45) is 4.81. The van der Waals surface area contributed by atoms with Crippen LogP contribution in [0.25, 0.3) is 0 Å². The Morgan fingerprint density at radius 1 is 1.24 bits per heavy atom. The number of sulfonamides is 1. The lowest BCUT2D eigenvalue weighted by atomic mass is 9.98. The maximum Gasteiger partial charge on any atom is 0.257 e. The number of anilines is 1. The molecule has 1 aliphatic rings. The maximum absolute atomic E-state index is 12.6. The van der Waals surface area contributed by atoms with Crippen molar-refractivity contribution in [3.63, 3.8) is 0 Å². The molecule has 0 saturated carbocycles. The third-order valence-corrected chi connectivity index (χ3v) is 5.42. The Morgan fingerprint density at radius 2 is 1.96 bits per heavy atom. The molecule has 0 saturated heterocycles. The van der Waals surface area contributed by atoms with Gasteiger partial charge in [-0.15, -0.1) is 0 Å². The van der Waals surface area contributed by atoms with Crippen molar-refractivity contribution < 1.29 is 17.9 Å². The van der Waals surface area contributed by atoms with E-state index in [4.69, 9.17) is 4.74 Å². The second kappa shape index (κ2) is 6.81. The number of aromatic nitrogens is 1. The first-order valence-corrected chi connectivity index (χ1v) is 9.59. The van der Waals surface area contributed by atoms with Gasteiger partial charge in [0.25, 0.3) is 5.91 Å². The number of methoxy groups -OCH3 is 1. The summed E-state index contributed by atoms with van der Waals surface area (Å²) in [4.78, 5) is 16.7. The van der Waals surface area contributed by atoms with Crippen LogP contribution in [0.3, 0.4) is 0 Å². The third kappa shape index (κ3) is 3.80. The van der Waals surface area contributed by atoms with Crippen molar-refractivity contribution in [3.8, 4) is 5.75 Å².